The molecule has 0 radical (unpaired) electrons. The second kappa shape index (κ2) is 9.74. The van der Waals surface area contributed by atoms with Gasteiger partial charge in [0.1, 0.15) is 5.76 Å². The maximum absolute atomic E-state index is 13.0. The molecular weight excluding hydrogens is 484 g/mol. The summed E-state index contributed by atoms with van der Waals surface area (Å²) in [7, 11) is -3.80. The van der Waals surface area contributed by atoms with Gasteiger partial charge in [-0.2, -0.15) is 0 Å². The van der Waals surface area contributed by atoms with E-state index >= 15 is 0 Å². The third-order valence-electron chi connectivity index (χ3n) is 4.72. The molecule has 0 bridgehead atoms. The first-order valence-electron chi connectivity index (χ1n) is 9.81. The zero-order valence-corrected chi connectivity index (χ0v) is 19.7. The summed E-state index contributed by atoms with van der Waals surface area (Å²) >= 11 is 7.32. The van der Waals surface area contributed by atoms with Crippen molar-refractivity contribution in [2.24, 2.45) is 0 Å². The van der Waals surface area contributed by atoms with E-state index in [-0.39, 0.29) is 15.9 Å². The summed E-state index contributed by atoms with van der Waals surface area (Å²) in [5.74, 6) is 0.250. The Hall–Kier alpha value is -3.21. The fourth-order valence-electron chi connectivity index (χ4n) is 3.16. The Kier molecular flexibility index (Phi) is 6.77. The van der Waals surface area contributed by atoms with Crippen LogP contribution in [-0.4, -0.2) is 24.5 Å². The van der Waals surface area contributed by atoms with E-state index in [2.05, 4.69) is 20.2 Å². The number of hydrogen-bond acceptors (Lipinski definition) is 7. The number of nitrogens with zero attached hydrogens (tertiary/aromatic N) is 2. The molecule has 0 aliphatic rings. The van der Waals surface area contributed by atoms with Crippen LogP contribution in [0.1, 0.15) is 33.4 Å². The molecule has 170 valence electrons. The van der Waals surface area contributed by atoms with E-state index in [1.807, 2.05) is 13.0 Å². The van der Waals surface area contributed by atoms with Crippen molar-refractivity contribution >= 4 is 44.0 Å². The average molecular weight is 503 g/mol. The highest BCUT2D eigenvalue weighted by Crippen LogP contribution is 2.23. The van der Waals surface area contributed by atoms with Gasteiger partial charge in [0, 0.05) is 34.7 Å². The maximum atomic E-state index is 13.0. The van der Waals surface area contributed by atoms with E-state index in [0.29, 0.717) is 22.8 Å². The predicted molar refractivity (Wildman–Crippen MR) is 126 cm³/mol. The molecule has 0 saturated carbocycles. The van der Waals surface area contributed by atoms with Gasteiger partial charge in [0.2, 0.25) is 0 Å². The minimum absolute atomic E-state index is 0.0257. The molecule has 2 N–H and O–H groups in total. The van der Waals surface area contributed by atoms with Gasteiger partial charge in [0.05, 0.1) is 16.6 Å². The second-order valence-corrected chi connectivity index (χ2v) is 10.2. The van der Waals surface area contributed by atoms with Crippen LogP contribution in [0.3, 0.4) is 0 Å². The maximum Gasteiger partial charge on any atom is 0.263 e. The Labute approximate surface area is 199 Å². The van der Waals surface area contributed by atoms with Crippen molar-refractivity contribution in [3.8, 4) is 0 Å². The Morgan fingerprint density at radius 3 is 2.61 bits per heavy atom. The van der Waals surface area contributed by atoms with Gasteiger partial charge in [-0.05, 0) is 48.9 Å². The summed E-state index contributed by atoms with van der Waals surface area (Å²) < 4.78 is 32.7. The zero-order chi connectivity index (χ0) is 23.4. The van der Waals surface area contributed by atoms with Crippen LogP contribution in [0.2, 0.25) is 5.02 Å². The Balaban J connectivity index is 1.52. The van der Waals surface area contributed by atoms with Crippen LogP contribution in [0.4, 0.5) is 5.13 Å². The second-order valence-electron chi connectivity index (χ2n) is 7.19. The fraction of sp³-hybridized carbons (Fsp3) is 0.136. The Morgan fingerprint density at radius 2 is 1.97 bits per heavy atom. The number of halogens is 1. The molecule has 1 atom stereocenters. The monoisotopic (exact) mass is 502 g/mol. The van der Waals surface area contributed by atoms with Crippen LogP contribution >= 0.6 is 22.9 Å². The third kappa shape index (κ3) is 5.78. The highest BCUT2D eigenvalue weighted by atomic mass is 35.5. The summed E-state index contributed by atoms with van der Waals surface area (Å²) in [5, 5.41) is 9.35. The van der Waals surface area contributed by atoms with E-state index in [9.17, 15) is 13.2 Å². The summed E-state index contributed by atoms with van der Waals surface area (Å²) in [5.41, 5.74) is 1.85. The molecule has 2 aromatic carbocycles. The number of benzene rings is 2. The van der Waals surface area contributed by atoms with Crippen LogP contribution < -0.4 is 10.0 Å². The van der Waals surface area contributed by atoms with Gasteiger partial charge in [-0.15, -0.1) is 11.3 Å². The lowest BCUT2D eigenvalue weighted by Crippen LogP contribution is -2.30. The van der Waals surface area contributed by atoms with Crippen molar-refractivity contribution in [1.82, 2.24) is 15.5 Å². The van der Waals surface area contributed by atoms with Gasteiger partial charge < -0.3 is 9.84 Å². The number of anilines is 1. The molecule has 0 fully saturated rings. The van der Waals surface area contributed by atoms with Gasteiger partial charge in [0.15, 0.2) is 5.13 Å². The molecular formula is C22H19ClN4O4S2. The summed E-state index contributed by atoms with van der Waals surface area (Å²) in [6.45, 7) is 1.82. The SMILES string of the molecule is Cc1cc(CC(NC(=O)c2ccc(S(=O)(=O)Nc3nccs3)cc2)c2cccc(Cl)c2)on1. The molecule has 0 saturated heterocycles. The summed E-state index contributed by atoms with van der Waals surface area (Å²) in [6.07, 6.45) is 1.88. The molecule has 2 heterocycles. The van der Waals surface area contributed by atoms with Crippen LogP contribution in [0.25, 0.3) is 0 Å². The lowest BCUT2D eigenvalue weighted by molar-refractivity contribution is 0.0935. The lowest BCUT2D eigenvalue weighted by atomic mass is 10.0. The number of aromatic nitrogens is 2. The van der Waals surface area contributed by atoms with Gasteiger partial charge >= 0.3 is 0 Å². The molecule has 11 heteroatoms. The minimum Gasteiger partial charge on any atom is -0.361 e. The molecule has 1 unspecified atom stereocenters. The number of sulfonamides is 1. The van der Waals surface area contributed by atoms with Crippen molar-refractivity contribution in [2.75, 3.05) is 4.72 Å². The zero-order valence-electron chi connectivity index (χ0n) is 17.4. The lowest BCUT2D eigenvalue weighted by Gasteiger charge is -2.18. The molecule has 8 nitrogen and oxygen atoms in total. The van der Waals surface area contributed by atoms with Crippen molar-refractivity contribution in [3.63, 3.8) is 0 Å². The number of hydrogen-bond donors (Lipinski definition) is 2. The number of amides is 1. The summed E-state index contributed by atoms with van der Waals surface area (Å²) in [6, 6.07) is 14.2. The number of thiazole rings is 1. The first-order chi connectivity index (χ1) is 15.8. The van der Waals surface area contributed by atoms with Crippen molar-refractivity contribution in [3.05, 3.63) is 93.8 Å². The van der Waals surface area contributed by atoms with Gasteiger partial charge in [-0.3, -0.25) is 9.52 Å². The largest absolute Gasteiger partial charge is 0.361 e. The van der Waals surface area contributed by atoms with Crippen molar-refractivity contribution < 1.29 is 17.7 Å². The van der Waals surface area contributed by atoms with E-state index in [0.717, 1.165) is 11.3 Å². The standard InChI is InChI=1S/C22H19ClN4O4S2/c1-14-11-18(31-26-14)13-20(16-3-2-4-17(23)12-16)25-21(28)15-5-7-19(8-6-15)33(29,30)27-22-24-9-10-32-22/h2-12,20H,13H2,1H3,(H,24,27)(H,25,28). The van der Waals surface area contributed by atoms with Gasteiger partial charge in [0.25, 0.3) is 15.9 Å². The molecule has 0 aliphatic heterocycles. The Morgan fingerprint density at radius 1 is 1.18 bits per heavy atom. The molecule has 0 spiro atoms. The highest BCUT2D eigenvalue weighted by Gasteiger charge is 2.20. The number of carbonyl (C=O) groups is 1. The molecule has 2 aromatic heterocycles. The first kappa shape index (κ1) is 23.0. The smallest absolute Gasteiger partial charge is 0.263 e. The molecule has 1 amide bonds. The fourth-order valence-corrected chi connectivity index (χ4v) is 5.15. The molecule has 4 rings (SSSR count). The topological polar surface area (TPSA) is 114 Å². The molecule has 33 heavy (non-hydrogen) atoms. The van der Waals surface area contributed by atoms with Crippen LogP contribution in [0.5, 0.6) is 0 Å². The van der Waals surface area contributed by atoms with Crippen molar-refractivity contribution in [2.45, 2.75) is 24.3 Å². The highest BCUT2D eigenvalue weighted by molar-refractivity contribution is 7.93. The van der Waals surface area contributed by atoms with E-state index in [4.69, 9.17) is 16.1 Å². The number of aryl methyl sites for hydroxylation is 1. The molecule has 0 aliphatic carbocycles. The van der Waals surface area contributed by atoms with Gasteiger partial charge in [-0.25, -0.2) is 13.4 Å². The van der Waals surface area contributed by atoms with E-state index in [1.165, 1.54) is 41.8 Å². The van der Waals surface area contributed by atoms with Crippen LogP contribution in [-0.2, 0) is 16.4 Å². The third-order valence-corrected chi connectivity index (χ3v) is 7.13. The average Bonchev–Trinajstić information content (AvgIpc) is 3.44. The predicted octanol–water partition coefficient (Wildman–Crippen LogP) is 4.61. The van der Waals surface area contributed by atoms with Gasteiger partial charge in [-0.1, -0.05) is 28.9 Å². The van der Waals surface area contributed by atoms with E-state index in [1.54, 1.807) is 29.6 Å². The number of carbonyl (C=O) groups excluding carboxylic acids is 1. The van der Waals surface area contributed by atoms with E-state index < -0.39 is 16.1 Å². The quantitative estimate of drug-likeness (QED) is 0.363. The van der Waals surface area contributed by atoms with Crippen LogP contribution in [0.15, 0.2) is 75.6 Å². The minimum atomic E-state index is -3.80. The van der Waals surface area contributed by atoms with Crippen LogP contribution in [0, 0.1) is 6.92 Å². The normalized spacial score (nSPS) is 12.3. The molecule has 4 aromatic rings. The van der Waals surface area contributed by atoms with Crippen molar-refractivity contribution in [1.29, 1.82) is 0 Å². The number of nitrogens with one attached hydrogen (secondary N) is 2. The summed E-state index contributed by atoms with van der Waals surface area (Å²) in [4.78, 5) is 16.9. The Bertz CT molecular complexity index is 1350. The number of rotatable bonds is 8. The first-order valence-corrected chi connectivity index (χ1v) is 12.5.